The lowest BCUT2D eigenvalue weighted by atomic mass is 9.78. The van der Waals surface area contributed by atoms with E-state index in [4.69, 9.17) is 15.6 Å². The molecule has 1 aliphatic carbocycles. The zero-order chi connectivity index (χ0) is 11.8. The van der Waals surface area contributed by atoms with Gasteiger partial charge in [-0.3, -0.25) is 4.79 Å². The van der Waals surface area contributed by atoms with Crippen molar-refractivity contribution < 1.29 is 14.6 Å². The molecule has 0 spiro atoms. The van der Waals surface area contributed by atoms with Crippen LogP contribution in [-0.2, 0) is 17.6 Å². The minimum absolute atomic E-state index is 0.391. The van der Waals surface area contributed by atoms with Gasteiger partial charge in [-0.25, -0.2) is 0 Å². The van der Waals surface area contributed by atoms with Crippen molar-refractivity contribution in [1.29, 1.82) is 0 Å². The van der Waals surface area contributed by atoms with E-state index in [1.807, 2.05) is 18.2 Å². The Morgan fingerprint density at radius 2 is 2.25 bits per heavy atom. The Labute approximate surface area is 94.0 Å². The van der Waals surface area contributed by atoms with Gasteiger partial charge in [-0.05, 0) is 36.1 Å². The summed E-state index contributed by atoms with van der Waals surface area (Å²) in [6.45, 7) is 0. The van der Waals surface area contributed by atoms with Gasteiger partial charge in [0.25, 0.3) is 0 Å². The van der Waals surface area contributed by atoms with E-state index in [1.165, 1.54) is 0 Å². The summed E-state index contributed by atoms with van der Waals surface area (Å²) in [7, 11) is 1.62. The molecule has 4 heteroatoms. The zero-order valence-electron chi connectivity index (χ0n) is 9.19. The van der Waals surface area contributed by atoms with Crippen LogP contribution in [0.15, 0.2) is 18.2 Å². The Morgan fingerprint density at radius 1 is 1.50 bits per heavy atom. The van der Waals surface area contributed by atoms with Crippen molar-refractivity contribution in [3.8, 4) is 5.75 Å². The maximum atomic E-state index is 11.1. The number of carbonyl (C=O) groups is 1. The van der Waals surface area contributed by atoms with Crippen LogP contribution in [0.3, 0.4) is 0 Å². The SMILES string of the molecule is COc1ccc2c(c1)CCC(N)(C(=O)O)C2. The number of rotatable bonds is 2. The normalized spacial score (nSPS) is 23.6. The second kappa shape index (κ2) is 3.79. The number of aliphatic carboxylic acids is 1. The number of benzene rings is 1. The molecule has 0 saturated heterocycles. The highest BCUT2D eigenvalue weighted by Crippen LogP contribution is 2.29. The van der Waals surface area contributed by atoms with E-state index in [9.17, 15) is 4.79 Å². The molecule has 0 bridgehead atoms. The molecule has 1 aliphatic rings. The number of carboxylic acid groups (broad SMARTS) is 1. The number of ether oxygens (including phenoxy) is 1. The van der Waals surface area contributed by atoms with E-state index in [0.29, 0.717) is 19.3 Å². The van der Waals surface area contributed by atoms with Gasteiger partial charge in [0.1, 0.15) is 11.3 Å². The summed E-state index contributed by atoms with van der Waals surface area (Å²) in [5, 5.41) is 9.07. The van der Waals surface area contributed by atoms with Crippen molar-refractivity contribution in [2.24, 2.45) is 5.73 Å². The van der Waals surface area contributed by atoms with Crippen molar-refractivity contribution in [2.45, 2.75) is 24.8 Å². The van der Waals surface area contributed by atoms with E-state index in [-0.39, 0.29) is 0 Å². The Morgan fingerprint density at radius 3 is 2.88 bits per heavy atom. The first kappa shape index (κ1) is 11.0. The first-order chi connectivity index (χ1) is 7.55. The van der Waals surface area contributed by atoms with E-state index in [0.717, 1.165) is 16.9 Å². The number of hydrogen-bond donors (Lipinski definition) is 2. The minimum Gasteiger partial charge on any atom is -0.497 e. The first-order valence-corrected chi connectivity index (χ1v) is 5.23. The Kier molecular flexibility index (Phi) is 2.59. The van der Waals surface area contributed by atoms with Gasteiger partial charge in [-0.2, -0.15) is 0 Å². The second-order valence-corrected chi connectivity index (χ2v) is 4.27. The summed E-state index contributed by atoms with van der Waals surface area (Å²) >= 11 is 0. The molecule has 0 aliphatic heterocycles. The molecular formula is C12H15NO3. The standard InChI is InChI=1S/C12H15NO3/c1-16-10-3-2-9-7-12(13,11(14)15)5-4-8(9)6-10/h2-3,6H,4-5,7,13H2,1H3,(H,14,15). The average molecular weight is 221 g/mol. The van der Waals surface area contributed by atoms with Crippen molar-refractivity contribution in [3.05, 3.63) is 29.3 Å². The lowest BCUT2D eigenvalue weighted by molar-refractivity contribution is -0.143. The first-order valence-electron chi connectivity index (χ1n) is 5.23. The molecule has 3 N–H and O–H groups in total. The van der Waals surface area contributed by atoms with Crippen LogP contribution < -0.4 is 10.5 Å². The van der Waals surface area contributed by atoms with Gasteiger partial charge in [0.2, 0.25) is 0 Å². The van der Waals surface area contributed by atoms with Crippen LogP contribution in [0, 0.1) is 0 Å². The van der Waals surface area contributed by atoms with Gasteiger partial charge in [0.15, 0.2) is 0 Å². The number of carboxylic acids is 1. The molecule has 0 fully saturated rings. The molecule has 2 rings (SSSR count). The quantitative estimate of drug-likeness (QED) is 0.780. The van der Waals surface area contributed by atoms with Crippen molar-refractivity contribution in [2.75, 3.05) is 7.11 Å². The summed E-state index contributed by atoms with van der Waals surface area (Å²) < 4.78 is 5.13. The van der Waals surface area contributed by atoms with E-state index in [1.54, 1.807) is 7.11 Å². The van der Waals surface area contributed by atoms with Crippen molar-refractivity contribution in [1.82, 2.24) is 0 Å². The third-order valence-corrected chi connectivity index (χ3v) is 3.19. The molecule has 0 saturated carbocycles. The molecular weight excluding hydrogens is 206 g/mol. The topological polar surface area (TPSA) is 72.5 Å². The predicted molar refractivity (Wildman–Crippen MR) is 59.6 cm³/mol. The van der Waals surface area contributed by atoms with E-state index in [2.05, 4.69) is 0 Å². The molecule has 1 unspecified atom stereocenters. The molecule has 16 heavy (non-hydrogen) atoms. The van der Waals surface area contributed by atoms with Crippen LogP contribution in [0.5, 0.6) is 5.75 Å². The van der Waals surface area contributed by atoms with E-state index < -0.39 is 11.5 Å². The molecule has 1 aromatic carbocycles. The fraction of sp³-hybridized carbons (Fsp3) is 0.417. The summed E-state index contributed by atoms with van der Waals surface area (Å²) in [6, 6.07) is 5.70. The highest BCUT2D eigenvalue weighted by atomic mass is 16.5. The maximum absolute atomic E-state index is 11.1. The monoisotopic (exact) mass is 221 g/mol. The third-order valence-electron chi connectivity index (χ3n) is 3.19. The molecule has 0 radical (unpaired) electrons. The fourth-order valence-electron chi connectivity index (χ4n) is 2.10. The average Bonchev–Trinajstić information content (AvgIpc) is 2.28. The van der Waals surface area contributed by atoms with E-state index >= 15 is 0 Å². The van der Waals surface area contributed by atoms with Crippen LogP contribution in [0.2, 0.25) is 0 Å². The minimum atomic E-state index is -1.11. The summed E-state index contributed by atoms with van der Waals surface area (Å²) in [5.74, 6) is -0.118. The van der Waals surface area contributed by atoms with Crippen LogP contribution in [0.25, 0.3) is 0 Å². The Hall–Kier alpha value is -1.55. The smallest absolute Gasteiger partial charge is 0.324 e. The van der Waals surface area contributed by atoms with Crippen LogP contribution in [-0.4, -0.2) is 23.7 Å². The number of nitrogens with two attached hydrogens (primary N) is 1. The molecule has 4 nitrogen and oxygen atoms in total. The molecule has 0 amide bonds. The van der Waals surface area contributed by atoms with Crippen LogP contribution >= 0.6 is 0 Å². The number of fused-ring (bicyclic) bond motifs is 1. The molecule has 0 heterocycles. The predicted octanol–water partition coefficient (Wildman–Crippen LogP) is 0.966. The second-order valence-electron chi connectivity index (χ2n) is 4.27. The summed E-state index contributed by atoms with van der Waals surface area (Å²) in [4.78, 5) is 11.1. The Balaban J connectivity index is 2.32. The lowest BCUT2D eigenvalue weighted by Gasteiger charge is -2.30. The van der Waals surface area contributed by atoms with Gasteiger partial charge < -0.3 is 15.6 Å². The van der Waals surface area contributed by atoms with Gasteiger partial charge in [-0.1, -0.05) is 6.07 Å². The largest absolute Gasteiger partial charge is 0.497 e. The van der Waals surface area contributed by atoms with Crippen molar-refractivity contribution >= 4 is 5.97 Å². The maximum Gasteiger partial charge on any atom is 0.324 e. The highest BCUT2D eigenvalue weighted by Gasteiger charge is 2.37. The number of aryl methyl sites for hydroxylation is 1. The molecule has 1 aromatic rings. The Bertz CT molecular complexity index is 430. The van der Waals surface area contributed by atoms with Crippen LogP contribution in [0.4, 0.5) is 0 Å². The molecule has 86 valence electrons. The third kappa shape index (κ3) is 1.76. The number of methoxy groups -OCH3 is 1. The summed E-state index contributed by atoms with van der Waals surface area (Å²) in [5.41, 5.74) is 6.90. The lowest BCUT2D eigenvalue weighted by Crippen LogP contribution is -2.52. The summed E-state index contributed by atoms with van der Waals surface area (Å²) in [6.07, 6.45) is 1.56. The highest BCUT2D eigenvalue weighted by molar-refractivity contribution is 5.79. The van der Waals surface area contributed by atoms with Gasteiger partial charge >= 0.3 is 5.97 Å². The van der Waals surface area contributed by atoms with Gasteiger partial charge in [0, 0.05) is 6.42 Å². The van der Waals surface area contributed by atoms with Gasteiger partial charge in [-0.15, -0.1) is 0 Å². The van der Waals surface area contributed by atoms with Crippen molar-refractivity contribution in [3.63, 3.8) is 0 Å². The molecule has 0 aromatic heterocycles. The van der Waals surface area contributed by atoms with Crippen LogP contribution in [0.1, 0.15) is 17.5 Å². The zero-order valence-corrected chi connectivity index (χ0v) is 9.19. The fourth-order valence-corrected chi connectivity index (χ4v) is 2.10. The number of hydrogen-bond acceptors (Lipinski definition) is 3. The molecule has 1 atom stereocenters. The van der Waals surface area contributed by atoms with Gasteiger partial charge in [0.05, 0.1) is 7.11 Å².